The van der Waals surface area contributed by atoms with Gasteiger partial charge in [0, 0.05) is 10.9 Å². The van der Waals surface area contributed by atoms with E-state index in [1.807, 2.05) is 13.0 Å². The molecule has 0 aromatic heterocycles. The number of amides is 1. The van der Waals surface area contributed by atoms with Crippen LogP contribution >= 0.6 is 27.5 Å². The van der Waals surface area contributed by atoms with Gasteiger partial charge in [-0.2, -0.15) is 0 Å². The first-order chi connectivity index (χ1) is 6.63. The molecule has 0 saturated heterocycles. The largest absolute Gasteiger partial charge is 0.325 e. The van der Waals surface area contributed by atoms with Crippen LogP contribution in [0.15, 0.2) is 22.7 Å². The van der Waals surface area contributed by atoms with E-state index in [0.717, 1.165) is 10.9 Å². The van der Waals surface area contributed by atoms with Gasteiger partial charge in [0.2, 0.25) is 5.91 Å². The number of carbonyl (C=O) groups excluding carboxylic acids is 1. The van der Waals surface area contributed by atoms with Crippen molar-refractivity contribution >= 4 is 39.1 Å². The van der Waals surface area contributed by atoms with Crippen LogP contribution in [0, 0.1) is 0 Å². The van der Waals surface area contributed by atoms with Crippen LogP contribution in [-0.4, -0.2) is 5.91 Å². The molecule has 1 aromatic carbocycles. The predicted octanol–water partition coefficient (Wildman–Crippen LogP) is 3.84. The zero-order chi connectivity index (χ0) is 10.6. The first kappa shape index (κ1) is 11.5. The summed E-state index contributed by atoms with van der Waals surface area (Å²) >= 11 is 9.22. The molecule has 0 saturated carbocycles. The summed E-state index contributed by atoms with van der Waals surface area (Å²) in [4.78, 5) is 11.3. The Labute approximate surface area is 96.8 Å². The van der Waals surface area contributed by atoms with E-state index in [1.54, 1.807) is 12.1 Å². The van der Waals surface area contributed by atoms with Crippen LogP contribution in [0.4, 0.5) is 5.69 Å². The summed E-state index contributed by atoms with van der Waals surface area (Å²) in [5, 5.41) is 3.30. The van der Waals surface area contributed by atoms with E-state index in [-0.39, 0.29) is 5.91 Å². The van der Waals surface area contributed by atoms with E-state index in [4.69, 9.17) is 11.6 Å². The second-order valence-electron chi connectivity index (χ2n) is 2.92. The summed E-state index contributed by atoms with van der Waals surface area (Å²) in [5.74, 6) is -0.00694. The Bertz CT molecular complexity index is 341. The fraction of sp³-hybridized carbons (Fsp3) is 0.300. The van der Waals surface area contributed by atoms with Crippen molar-refractivity contribution in [3.05, 3.63) is 27.7 Å². The zero-order valence-electron chi connectivity index (χ0n) is 7.81. The minimum absolute atomic E-state index is 0.00694. The molecule has 0 bridgehead atoms. The number of rotatable bonds is 3. The normalized spacial score (nSPS) is 9.93. The summed E-state index contributed by atoms with van der Waals surface area (Å²) in [7, 11) is 0. The molecule has 0 aliphatic heterocycles. The highest BCUT2D eigenvalue weighted by molar-refractivity contribution is 9.10. The Morgan fingerprint density at radius 1 is 1.57 bits per heavy atom. The third-order valence-corrected chi connectivity index (χ3v) is 2.50. The number of hydrogen-bond acceptors (Lipinski definition) is 1. The molecule has 1 N–H and O–H groups in total. The minimum Gasteiger partial charge on any atom is -0.325 e. The van der Waals surface area contributed by atoms with Crippen molar-refractivity contribution in [2.24, 2.45) is 0 Å². The molecule has 1 rings (SSSR count). The van der Waals surface area contributed by atoms with Crippen LogP contribution in [0.5, 0.6) is 0 Å². The summed E-state index contributed by atoms with van der Waals surface area (Å²) in [6, 6.07) is 5.36. The lowest BCUT2D eigenvalue weighted by Gasteiger charge is -2.06. The van der Waals surface area contributed by atoms with Gasteiger partial charge in [-0.05, 0) is 24.6 Å². The van der Waals surface area contributed by atoms with Gasteiger partial charge in [-0.1, -0.05) is 34.5 Å². The smallest absolute Gasteiger partial charge is 0.224 e. The van der Waals surface area contributed by atoms with Gasteiger partial charge in [-0.25, -0.2) is 0 Å². The maximum Gasteiger partial charge on any atom is 0.224 e. The molecule has 0 fully saturated rings. The summed E-state index contributed by atoms with van der Waals surface area (Å²) in [6.45, 7) is 1.96. The molecule has 0 unspecified atom stereocenters. The van der Waals surface area contributed by atoms with Crippen LogP contribution < -0.4 is 5.32 Å². The van der Waals surface area contributed by atoms with E-state index in [1.165, 1.54) is 0 Å². The highest BCUT2D eigenvalue weighted by Gasteiger charge is 2.04. The molecule has 1 amide bonds. The lowest BCUT2D eigenvalue weighted by Crippen LogP contribution is -2.10. The average molecular weight is 277 g/mol. The van der Waals surface area contributed by atoms with Crippen LogP contribution in [0.1, 0.15) is 19.8 Å². The van der Waals surface area contributed by atoms with Gasteiger partial charge in [0.25, 0.3) is 0 Å². The molecule has 0 heterocycles. The van der Waals surface area contributed by atoms with Crippen molar-refractivity contribution in [1.82, 2.24) is 0 Å². The quantitative estimate of drug-likeness (QED) is 0.893. The standard InChI is InChI=1S/C10H11BrClNO/c1-2-3-10(14)13-9-6-7(11)4-5-8(9)12/h4-6H,2-3H2,1H3,(H,13,14). The monoisotopic (exact) mass is 275 g/mol. The second kappa shape index (κ2) is 5.37. The fourth-order valence-electron chi connectivity index (χ4n) is 1.03. The van der Waals surface area contributed by atoms with E-state index >= 15 is 0 Å². The van der Waals surface area contributed by atoms with E-state index < -0.39 is 0 Å². The Balaban J connectivity index is 2.75. The van der Waals surface area contributed by atoms with Crippen LogP contribution in [-0.2, 0) is 4.79 Å². The molecule has 0 radical (unpaired) electrons. The molecule has 4 heteroatoms. The third kappa shape index (κ3) is 3.31. The molecule has 0 aliphatic carbocycles. The average Bonchev–Trinajstić information content (AvgIpc) is 2.12. The molecular weight excluding hydrogens is 265 g/mol. The van der Waals surface area contributed by atoms with E-state index in [9.17, 15) is 4.79 Å². The van der Waals surface area contributed by atoms with Gasteiger partial charge in [-0.15, -0.1) is 0 Å². The second-order valence-corrected chi connectivity index (χ2v) is 4.25. The topological polar surface area (TPSA) is 29.1 Å². The Hall–Kier alpha value is -0.540. The van der Waals surface area contributed by atoms with Crippen LogP contribution in [0.2, 0.25) is 5.02 Å². The number of carbonyl (C=O) groups is 1. The van der Waals surface area contributed by atoms with E-state index in [0.29, 0.717) is 17.1 Å². The third-order valence-electron chi connectivity index (χ3n) is 1.68. The van der Waals surface area contributed by atoms with Crippen molar-refractivity contribution in [3.8, 4) is 0 Å². The van der Waals surface area contributed by atoms with Crippen LogP contribution in [0.3, 0.4) is 0 Å². The van der Waals surface area contributed by atoms with Gasteiger partial charge < -0.3 is 5.32 Å². The van der Waals surface area contributed by atoms with Crippen molar-refractivity contribution in [2.45, 2.75) is 19.8 Å². The minimum atomic E-state index is -0.00694. The number of benzene rings is 1. The van der Waals surface area contributed by atoms with Gasteiger partial charge in [0.1, 0.15) is 0 Å². The van der Waals surface area contributed by atoms with Crippen molar-refractivity contribution < 1.29 is 4.79 Å². The maximum absolute atomic E-state index is 11.3. The first-order valence-corrected chi connectivity index (χ1v) is 5.55. The lowest BCUT2D eigenvalue weighted by atomic mass is 10.3. The van der Waals surface area contributed by atoms with E-state index in [2.05, 4.69) is 21.2 Å². The molecular formula is C10H11BrClNO. The zero-order valence-corrected chi connectivity index (χ0v) is 10.2. The van der Waals surface area contributed by atoms with Gasteiger partial charge in [-0.3, -0.25) is 4.79 Å². The molecule has 0 atom stereocenters. The fourth-order valence-corrected chi connectivity index (χ4v) is 1.56. The van der Waals surface area contributed by atoms with Crippen LogP contribution in [0.25, 0.3) is 0 Å². The Morgan fingerprint density at radius 2 is 2.29 bits per heavy atom. The molecule has 76 valence electrons. The Morgan fingerprint density at radius 3 is 2.93 bits per heavy atom. The Kier molecular flexibility index (Phi) is 4.42. The summed E-state index contributed by atoms with van der Waals surface area (Å²) in [6.07, 6.45) is 1.35. The van der Waals surface area contributed by atoms with Crippen molar-refractivity contribution in [1.29, 1.82) is 0 Å². The summed E-state index contributed by atoms with van der Waals surface area (Å²) in [5.41, 5.74) is 0.652. The highest BCUT2D eigenvalue weighted by Crippen LogP contribution is 2.25. The van der Waals surface area contributed by atoms with Gasteiger partial charge >= 0.3 is 0 Å². The van der Waals surface area contributed by atoms with Gasteiger partial charge in [0.05, 0.1) is 10.7 Å². The molecule has 0 spiro atoms. The number of anilines is 1. The number of nitrogens with one attached hydrogen (secondary N) is 1. The SMILES string of the molecule is CCCC(=O)Nc1cc(Br)ccc1Cl. The number of halogens is 2. The number of hydrogen-bond donors (Lipinski definition) is 1. The highest BCUT2D eigenvalue weighted by atomic mass is 79.9. The van der Waals surface area contributed by atoms with Crippen molar-refractivity contribution in [3.63, 3.8) is 0 Å². The lowest BCUT2D eigenvalue weighted by molar-refractivity contribution is -0.116. The van der Waals surface area contributed by atoms with Crippen molar-refractivity contribution in [2.75, 3.05) is 5.32 Å². The first-order valence-electron chi connectivity index (χ1n) is 4.38. The summed E-state index contributed by atoms with van der Waals surface area (Å²) < 4.78 is 0.897. The molecule has 2 nitrogen and oxygen atoms in total. The molecule has 1 aromatic rings. The van der Waals surface area contributed by atoms with Gasteiger partial charge in [0.15, 0.2) is 0 Å². The molecule has 14 heavy (non-hydrogen) atoms. The maximum atomic E-state index is 11.3. The molecule has 0 aliphatic rings. The predicted molar refractivity (Wildman–Crippen MR) is 62.7 cm³/mol.